The van der Waals surface area contributed by atoms with Crippen LogP contribution < -0.4 is 59.1 Å². The van der Waals surface area contributed by atoms with E-state index in [0.29, 0.717) is 12.8 Å². The van der Waals surface area contributed by atoms with Gasteiger partial charge in [0.05, 0.1) is 0 Å². The zero-order chi connectivity index (χ0) is 14.8. The molecule has 0 amide bonds. The van der Waals surface area contributed by atoms with Crippen LogP contribution in [0.2, 0.25) is 0 Å². The minimum Gasteiger partial charge on any atom is -0.566 e. The zero-order valence-electron chi connectivity index (χ0n) is 11.2. The van der Waals surface area contributed by atoms with Crippen molar-refractivity contribution in [3.8, 4) is 0 Å². The molecule has 0 aromatic rings. The summed E-state index contributed by atoms with van der Waals surface area (Å²) in [6.07, 6.45) is 0.898. The normalized spacial score (nSPS) is 18.1. The summed E-state index contributed by atoms with van der Waals surface area (Å²) in [5.74, 6) is -2.46. The topological polar surface area (TPSA) is 135 Å². The van der Waals surface area contributed by atoms with Crippen molar-refractivity contribution in [2.24, 2.45) is 5.92 Å². The Hall–Kier alpha value is 1.86. The quantitative estimate of drug-likeness (QED) is 0.191. The van der Waals surface area contributed by atoms with Gasteiger partial charge in [0.2, 0.25) is 5.92 Å². The largest absolute Gasteiger partial charge is 1.00 e. The number of rotatable bonds is 2. The Balaban J connectivity index is -0.000000110. The molecular weight excluding hydrogens is 342 g/mol. The van der Waals surface area contributed by atoms with Crippen LogP contribution in [-0.2, 0) is 9.13 Å². The number of hydrogen-bond acceptors (Lipinski definition) is 3. The van der Waals surface area contributed by atoms with E-state index in [2.05, 4.69) is 0 Å². The number of halogens is 2. The number of hydrogen-bond donors (Lipinski definition) is 5. The third-order valence-electron chi connectivity index (χ3n) is 1.94. The van der Waals surface area contributed by atoms with E-state index in [1.807, 2.05) is 0 Å². The van der Waals surface area contributed by atoms with Crippen LogP contribution in [0.25, 0.3) is 0 Å². The van der Waals surface area contributed by atoms with E-state index in [1.165, 1.54) is 0 Å². The van der Waals surface area contributed by atoms with Crippen molar-refractivity contribution in [3.05, 3.63) is 6.61 Å². The molecule has 5 N–H and O–H groups in total. The van der Waals surface area contributed by atoms with Crippen LogP contribution in [-0.4, -0.2) is 30.6 Å². The average molecular weight is 357 g/mol. The van der Waals surface area contributed by atoms with Crippen LogP contribution in [0.1, 0.15) is 25.7 Å². The fraction of sp³-hybridized carbons (Fsp3) is 0.857. The summed E-state index contributed by atoms with van der Waals surface area (Å²) >= 11 is 0. The predicted molar refractivity (Wildman–Crippen MR) is 57.2 cm³/mol. The van der Waals surface area contributed by atoms with Crippen molar-refractivity contribution in [1.82, 2.24) is 0 Å². The maximum atomic E-state index is 12.4. The number of aliphatic hydroxyl groups is 1. The number of alkyl halides is 2. The molecule has 0 bridgehead atoms. The van der Waals surface area contributed by atoms with E-state index in [1.54, 1.807) is 0 Å². The van der Waals surface area contributed by atoms with Gasteiger partial charge < -0.3 is 5.11 Å². The molecule has 0 radical (unpaired) electrons. The van der Waals surface area contributed by atoms with E-state index in [4.69, 9.17) is 33.8 Å². The summed E-state index contributed by atoms with van der Waals surface area (Å²) in [5, 5.41) is 8.33. The van der Waals surface area contributed by atoms with Gasteiger partial charge in [-0.25, -0.2) is 15.4 Å². The fourth-order valence-corrected chi connectivity index (χ4v) is 1.39. The monoisotopic (exact) mass is 357 g/mol. The zero-order valence-corrected chi connectivity index (χ0v) is 17.0. The Morgan fingerprint density at radius 2 is 1.45 bits per heavy atom. The van der Waals surface area contributed by atoms with Crippen LogP contribution >= 0.6 is 16.5 Å². The fourth-order valence-electron chi connectivity index (χ4n) is 1.39. The molecule has 1 fully saturated rings. The van der Waals surface area contributed by atoms with Crippen LogP contribution in [0, 0.1) is 12.5 Å². The summed E-state index contributed by atoms with van der Waals surface area (Å²) in [4.78, 5) is 28.5. The molecule has 0 spiro atoms. The molecule has 13 heteroatoms. The molecule has 7 nitrogen and oxygen atoms in total. The van der Waals surface area contributed by atoms with Gasteiger partial charge >= 0.3 is 75.6 Å². The number of aliphatic hydroxyl groups excluding tert-OH is 1. The molecule has 1 aliphatic rings. The Morgan fingerprint density at radius 1 is 1.10 bits per heavy atom. The maximum absolute atomic E-state index is 12.4. The summed E-state index contributed by atoms with van der Waals surface area (Å²) in [6.45, 7) is 0.978. The van der Waals surface area contributed by atoms with E-state index in [0.717, 1.165) is 6.61 Å². The second-order valence-electron chi connectivity index (χ2n) is 3.39. The minimum absolute atomic E-state index is 0. The van der Waals surface area contributed by atoms with Crippen molar-refractivity contribution in [3.63, 3.8) is 0 Å². The van der Waals surface area contributed by atoms with Crippen molar-refractivity contribution in [2.75, 3.05) is 0 Å². The van der Waals surface area contributed by atoms with Crippen LogP contribution in [0.5, 0.6) is 0 Å². The first-order chi connectivity index (χ1) is 8.10. The van der Waals surface area contributed by atoms with Gasteiger partial charge in [-0.2, -0.15) is 6.42 Å². The third kappa shape index (κ3) is 28.1. The molecule has 0 heterocycles. The summed E-state index contributed by atoms with van der Waals surface area (Å²) in [5.41, 5.74) is 0. The molecule has 1 saturated carbocycles. The third-order valence-corrected chi connectivity index (χ3v) is 1.94. The SMILES string of the molecule is O=[P+](O)O.O=[P+](O)O.O[CH-]CC1CCC(F)(F)C1.[Na+].[Na+]. The Labute approximate surface area is 161 Å². The predicted octanol–water partition coefficient (Wildman–Crippen LogP) is -4.39. The van der Waals surface area contributed by atoms with Crippen molar-refractivity contribution in [2.45, 2.75) is 31.6 Å². The molecule has 1 atom stereocenters. The summed E-state index contributed by atoms with van der Waals surface area (Å²) in [6, 6.07) is 0. The van der Waals surface area contributed by atoms with Crippen molar-refractivity contribution >= 4 is 16.5 Å². The maximum Gasteiger partial charge on any atom is 1.00 e. The van der Waals surface area contributed by atoms with Gasteiger partial charge in [0.15, 0.2) is 0 Å². The summed E-state index contributed by atoms with van der Waals surface area (Å²) < 4.78 is 42.3. The van der Waals surface area contributed by atoms with Gasteiger partial charge in [-0.3, -0.25) is 0 Å². The molecule has 0 aromatic carbocycles. The Bertz CT molecular complexity index is 254. The van der Waals surface area contributed by atoms with E-state index in [-0.39, 0.29) is 77.9 Å². The molecule has 1 rings (SSSR count). The van der Waals surface area contributed by atoms with Crippen molar-refractivity contribution in [1.29, 1.82) is 0 Å². The van der Waals surface area contributed by atoms with Crippen LogP contribution in [0.4, 0.5) is 8.78 Å². The molecule has 0 aromatic heterocycles. The van der Waals surface area contributed by atoms with Crippen molar-refractivity contribution < 1.29 is 102 Å². The first-order valence-corrected chi connectivity index (χ1v) is 6.97. The van der Waals surface area contributed by atoms with Crippen LogP contribution in [0.15, 0.2) is 0 Å². The second-order valence-corrected chi connectivity index (χ2v) is 4.40. The first-order valence-electron chi connectivity index (χ1n) is 4.64. The Kier molecular flexibility index (Phi) is 25.7. The van der Waals surface area contributed by atoms with Gasteiger partial charge in [0.25, 0.3) is 0 Å². The van der Waals surface area contributed by atoms with E-state index >= 15 is 0 Å². The summed E-state index contributed by atoms with van der Waals surface area (Å²) in [7, 11) is -5.74. The van der Waals surface area contributed by atoms with E-state index < -0.39 is 22.4 Å². The van der Waals surface area contributed by atoms with Gasteiger partial charge in [-0.15, -0.1) is 19.6 Å². The molecule has 20 heavy (non-hydrogen) atoms. The molecule has 0 aliphatic heterocycles. The molecule has 108 valence electrons. The minimum atomic E-state index is -2.87. The standard InChI is InChI=1S/C7H11F2O.2Na.2HO3P/c8-7(9)3-1-6(5-7)2-4-10;;;2*1-4(2)3/h4,6,10H,1-3,5H2;;;2*(H-,1,2,3)/q-1;2*+1;;/p+2. The average Bonchev–Trinajstić information content (AvgIpc) is 2.44. The molecular formula is C7H15F2Na2O7P2+3. The van der Waals surface area contributed by atoms with Gasteiger partial charge in [0.1, 0.15) is 0 Å². The Morgan fingerprint density at radius 3 is 1.65 bits per heavy atom. The van der Waals surface area contributed by atoms with Gasteiger partial charge in [0, 0.05) is 22.0 Å². The first kappa shape index (κ1) is 29.8. The van der Waals surface area contributed by atoms with Crippen LogP contribution in [0.3, 0.4) is 0 Å². The van der Waals surface area contributed by atoms with Gasteiger partial charge in [-0.05, 0) is 6.42 Å². The molecule has 0 saturated heterocycles. The second kappa shape index (κ2) is 17.2. The molecule has 1 unspecified atom stereocenters. The van der Waals surface area contributed by atoms with Gasteiger partial charge in [-0.1, -0.05) is 5.92 Å². The smallest absolute Gasteiger partial charge is 0.566 e. The molecule has 1 aliphatic carbocycles. The van der Waals surface area contributed by atoms with E-state index in [9.17, 15) is 8.78 Å².